The first-order valence-electron chi connectivity index (χ1n) is 8.12. The number of aliphatic hydroxyl groups excluding tert-OH is 1. The molecular weight excluding hydrogens is 264 g/mol. The van der Waals surface area contributed by atoms with Crippen molar-refractivity contribution in [1.82, 2.24) is 0 Å². The maximum absolute atomic E-state index is 10.5. The lowest BCUT2D eigenvalue weighted by molar-refractivity contribution is -0.120. The van der Waals surface area contributed by atoms with Gasteiger partial charge in [0, 0.05) is 12.8 Å². The molecule has 3 rings (SSSR count). The molecule has 2 aliphatic carbocycles. The van der Waals surface area contributed by atoms with Crippen LogP contribution in [0.4, 0.5) is 0 Å². The van der Waals surface area contributed by atoms with Crippen LogP contribution in [0.2, 0.25) is 0 Å². The van der Waals surface area contributed by atoms with Crippen LogP contribution >= 0.6 is 0 Å². The first-order valence-corrected chi connectivity index (χ1v) is 8.12. The number of phenols is 1. The van der Waals surface area contributed by atoms with Crippen molar-refractivity contribution < 1.29 is 15.0 Å². The van der Waals surface area contributed by atoms with Gasteiger partial charge in [0.25, 0.3) is 0 Å². The van der Waals surface area contributed by atoms with Gasteiger partial charge in [-0.15, -0.1) is 0 Å². The molecule has 0 aliphatic heterocycles. The van der Waals surface area contributed by atoms with E-state index in [4.69, 9.17) is 10.2 Å². The zero-order valence-corrected chi connectivity index (χ0v) is 12.8. The number of Topliss-reactive ketones (excluding diaryl/α,β-unsaturated/α-hetero) is 1. The van der Waals surface area contributed by atoms with E-state index in [2.05, 4.69) is 0 Å². The summed E-state index contributed by atoms with van der Waals surface area (Å²) >= 11 is 0. The smallest absolute Gasteiger partial charge is 0.132 e. The second-order valence-electron chi connectivity index (χ2n) is 5.73. The van der Waals surface area contributed by atoms with Crippen molar-refractivity contribution >= 4 is 5.78 Å². The molecule has 0 bridgehead atoms. The molecule has 0 amide bonds. The van der Waals surface area contributed by atoms with Crippen LogP contribution in [-0.2, 0) is 4.79 Å². The monoisotopic (exact) mass is 292 g/mol. The first-order chi connectivity index (χ1) is 10.2. The number of ketones is 1. The van der Waals surface area contributed by atoms with Gasteiger partial charge in [0.15, 0.2) is 0 Å². The number of phenolic OH excluding ortho intramolecular Hbond substituents is 1. The van der Waals surface area contributed by atoms with Gasteiger partial charge in [-0.3, -0.25) is 4.79 Å². The molecule has 0 atom stereocenters. The maximum atomic E-state index is 10.5. The number of carbonyl (C=O) groups is 1. The lowest BCUT2D eigenvalue weighted by Crippen LogP contribution is -2.09. The molecule has 0 spiro atoms. The Morgan fingerprint density at radius 3 is 1.62 bits per heavy atom. The van der Waals surface area contributed by atoms with Gasteiger partial charge in [-0.1, -0.05) is 43.9 Å². The summed E-state index contributed by atoms with van der Waals surface area (Å²) in [5, 5.41) is 17.5. The first kappa shape index (κ1) is 17.7. The van der Waals surface area contributed by atoms with E-state index in [1.807, 2.05) is 6.07 Å². The average Bonchev–Trinajstić information content (AvgIpc) is 2.51. The number of hydrogen-bond acceptors (Lipinski definition) is 3. The molecule has 3 nitrogen and oxygen atoms in total. The van der Waals surface area contributed by atoms with Crippen molar-refractivity contribution in [3.8, 4) is 5.75 Å². The van der Waals surface area contributed by atoms with Gasteiger partial charge >= 0.3 is 0 Å². The highest BCUT2D eigenvalue weighted by Gasteiger charge is 2.07. The lowest BCUT2D eigenvalue weighted by Gasteiger charge is -2.14. The van der Waals surface area contributed by atoms with Crippen molar-refractivity contribution in [2.24, 2.45) is 0 Å². The van der Waals surface area contributed by atoms with Crippen LogP contribution in [0.25, 0.3) is 0 Å². The van der Waals surface area contributed by atoms with Crippen LogP contribution in [0.15, 0.2) is 30.3 Å². The summed E-state index contributed by atoms with van der Waals surface area (Å²) in [5.41, 5.74) is 0. The van der Waals surface area contributed by atoms with Crippen LogP contribution in [0.5, 0.6) is 5.75 Å². The Morgan fingerprint density at radius 2 is 1.33 bits per heavy atom. The number of aliphatic hydroxyl groups is 1. The normalized spacial score (nSPS) is 18.8. The van der Waals surface area contributed by atoms with Gasteiger partial charge < -0.3 is 10.2 Å². The maximum Gasteiger partial charge on any atom is 0.132 e. The number of para-hydroxylation sites is 1. The zero-order valence-electron chi connectivity index (χ0n) is 12.8. The van der Waals surface area contributed by atoms with Crippen molar-refractivity contribution in [2.75, 3.05) is 0 Å². The number of aromatic hydroxyl groups is 1. The molecular formula is C18H28O3. The molecule has 118 valence electrons. The van der Waals surface area contributed by atoms with E-state index in [9.17, 15) is 4.79 Å². The summed E-state index contributed by atoms with van der Waals surface area (Å²) in [6.07, 6.45) is 11.2. The van der Waals surface area contributed by atoms with Gasteiger partial charge in [0.2, 0.25) is 0 Å². The van der Waals surface area contributed by atoms with Crippen molar-refractivity contribution in [3.63, 3.8) is 0 Å². The lowest BCUT2D eigenvalue weighted by atomic mass is 9.98. The summed E-state index contributed by atoms with van der Waals surface area (Å²) in [6.45, 7) is 0. The molecule has 2 fully saturated rings. The molecule has 2 N–H and O–H groups in total. The molecule has 0 heterocycles. The minimum atomic E-state index is 0.0359. The quantitative estimate of drug-likeness (QED) is 0.752. The third-order valence-corrected chi connectivity index (χ3v) is 3.74. The van der Waals surface area contributed by atoms with Gasteiger partial charge in [0.05, 0.1) is 6.10 Å². The third-order valence-electron chi connectivity index (χ3n) is 3.74. The highest BCUT2D eigenvalue weighted by molar-refractivity contribution is 5.78. The Morgan fingerprint density at radius 1 is 0.810 bits per heavy atom. The predicted octanol–water partition coefficient (Wildman–Crippen LogP) is 4.22. The van der Waals surface area contributed by atoms with Gasteiger partial charge in [0.1, 0.15) is 11.5 Å². The summed E-state index contributed by atoms with van der Waals surface area (Å²) < 4.78 is 0. The molecule has 1 aromatic rings. The number of carbonyl (C=O) groups excluding carboxylic acids is 1. The highest BCUT2D eigenvalue weighted by atomic mass is 16.3. The van der Waals surface area contributed by atoms with E-state index in [0.29, 0.717) is 11.5 Å². The van der Waals surface area contributed by atoms with Gasteiger partial charge in [-0.2, -0.15) is 0 Å². The predicted molar refractivity (Wildman–Crippen MR) is 85.3 cm³/mol. The second-order valence-corrected chi connectivity index (χ2v) is 5.73. The largest absolute Gasteiger partial charge is 0.508 e. The Balaban J connectivity index is 0.000000157. The fraction of sp³-hybridized carbons (Fsp3) is 0.611. The van der Waals surface area contributed by atoms with Gasteiger partial charge in [-0.05, 0) is 37.8 Å². The molecule has 3 heteroatoms. The van der Waals surface area contributed by atoms with E-state index in [0.717, 1.165) is 38.5 Å². The van der Waals surface area contributed by atoms with E-state index in [1.165, 1.54) is 25.7 Å². The Bertz CT molecular complexity index is 361. The number of benzene rings is 1. The Labute approximate surface area is 128 Å². The van der Waals surface area contributed by atoms with Crippen molar-refractivity contribution in [2.45, 2.75) is 70.3 Å². The van der Waals surface area contributed by atoms with Crippen molar-refractivity contribution in [3.05, 3.63) is 30.3 Å². The van der Waals surface area contributed by atoms with Crippen LogP contribution in [0.3, 0.4) is 0 Å². The number of hydrogen-bond donors (Lipinski definition) is 2. The molecule has 0 unspecified atom stereocenters. The molecule has 0 aromatic heterocycles. The van der Waals surface area contributed by atoms with E-state index >= 15 is 0 Å². The molecule has 0 saturated heterocycles. The minimum Gasteiger partial charge on any atom is -0.508 e. The van der Waals surface area contributed by atoms with Crippen LogP contribution in [0, 0.1) is 0 Å². The van der Waals surface area contributed by atoms with Crippen molar-refractivity contribution in [1.29, 1.82) is 0 Å². The zero-order chi connectivity index (χ0) is 15.3. The molecule has 2 aliphatic rings. The Hall–Kier alpha value is -1.35. The second kappa shape index (κ2) is 11.3. The topological polar surface area (TPSA) is 57.5 Å². The SMILES string of the molecule is O=C1CCCCC1.OC1CCCCC1.Oc1ccccc1. The summed E-state index contributed by atoms with van der Waals surface area (Å²) in [7, 11) is 0. The number of rotatable bonds is 0. The van der Waals surface area contributed by atoms with E-state index in [1.54, 1.807) is 24.3 Å². The third kappa shape index (κ3) is 10.1. The van der Waals surface area contributed by atoms with Crippen LogP contribution < -0.4 is 0 Å². The van der Waals surface area contributed by atoms with Crippen LogP contribution in [-0.4, -0.2) is 22.1 Å². The Kier molecular flexibility index (Phi) is 9.55. The summed E-state index contributed by atoms with van der Waals surface area (Å²) in [6, 6.07) is 8.71. The highest BCUT2D eigenvalue weighted by Crippen LogP contribution is 2.16. The average molecular weight is 292 g/mol. The minimum absolute atomic E-state index is 0.0359. The summed E-state index contributed by atoms with van der Waals surface area (Å²) in [5.74, 6) is 0.786. The van der Waals surface area contributed by atoms with Gasteiger partial charge in [-0.25, -0.2) is 0 Å². The fourth-order valence-electron chi connectivity index (χ4n) is 2.46. The molecule has 2 saturated carbocycles. The van der Waals surface area contributed by atoms with E-state index in [-0.39, 0.29) is 6.10 Å². The molecule has 1 aromatic carbocycles. The van der Waals surface area contributed by atoms with Crippen LogP contribution in [0.1, 0.15) is 64.2 Å². The standard InChI is InChI=1S/C6H12O.C6H10O.C6H6O/c3*7-6-4-2-1-3-5-6/h6-7H,1-5H2;1-5H2;1-5,7H. The fourth-order valence-corrected chi connectivity index (χ4v) is 2.46. The molecule has 21 heavy (non-hydrogen) atoms. The molecule has 0 radical (unpaired) electrons. The summed E-state index contributed by atoms with van der Waals surface area (Å²) in [4.78, 5) is 10.5. The van der Waals surface area contributed by atoms with E-state index < -0.39 is 0 Å².